The molecule has 106 valence electrons. The number of hydrogen-bond donors (Lipinski definition) is 0. The van der Waals surface area contributed by atoms with E-state index < -0.39 is 0 Å². The van der Waals surface area contributed by atoms with Gasteiger partial charge in [0.2, 0.25) is 0 Å². The molecule has 0 amide bonds. The highest BCUT2D eigenvalue weighted by molar-refractivity contribution is 6.32. The molecule has 2 heteroatoms. The number of aryl methyl sites for hydroxylation is 1. The van der Waals surface area contributed by atoms with E-state index in [0.29, 0.717) is 11.6 Å². The summed E-state index contributed by atoms with van der Waals surface area (Å²) in [5.74, 6) is 0.737. The molecule has 0 radical (unpaired) electrons. The van der Waals surface area contributed by atoms with Gasteiger partial charge in [-0.05, 0) is 35.6 Å². The van der Waals surface area contributed by atoms with Crippen molar-refractivity contribution in [2.75, 3.05) is 0 Å². The Balaban J connectivity index is 2.11. The number of rotatable bonds is 3. The summed E-state index contributed by atoms with van der Waals surface area (Å²) in [7, 11) is 0. The van der Waals surface area contributed by atoms with E-state index in [1.807, 2.05) is 18.2 Å². The highest BCUT2D eigenvalue weighted by Crippen LogP contribution is 2.31. The predicted molar refractivity (Wildman–Crippen MR) is 85.7 cm³/mol. The minimum absolute atomic E-state index is 0.0959. The lowest BCUT2D eigenvalue weighted by molar-refractivity contribution is 0.306. The predicted octanol–water partition coefficient (Wildman–Crippen LogP) is 5.52. The standard InChI is InChI=1S/C18H21ClO/c1-13-6-5-7-14(10-13)12-20-17-9-8-15(11-16(17)19)18(2,3)4/h5-11H,12H2,1-4H3. The van der Waals surface area contributed by atoms with Crippen molar-refractivity contribution in [3.63, 3.8) is 0 Å². The first-order chi connectivity index (χ1) is 9.36. The lowest BCUT2D eigenvalue weighted by atomic mass is 9.87. The number of ether oxygens (including phenoxy) is 1. The molecule has 0 bridgehead atoms. The van der Waals surface area contributed by atoms with Crippen molar-refractivity contribution in [1.29, 1.82) is 0 Å². The van der Waals surface area contributed by atoms with Crippen LogP contribution in [0.4, 0.5) is 0 Å². The number of halogens is 1. The molecule has 0 aliphatic rings. The second-order valence-corrected chi connectivity index (χ2v) is 6.58. The molecule has 0 unspecified atom stereocenters. The summed E-state index contributed by atoms with van der Waals surface area (Å²) >= 11 is 6.31. The third-order valence-corrected chi connectivity index (χ3v) is 3.57. The second kappa shape index (κ2) is 5.88. The van der Waals surface area contributed by atoms with Crippen LogP contribution >= 0.6 is 11.6 Å². The van der Waals surface area contributed by atoms with Crippen LogP contribution in [-0.2, 0) is 12.0 Å². The van der Waals surface area contributed by atoms with Crippen LogP contribution in [0.15, 0.2) is 42.5 Å². The van der Waals surface area contributed by atoms with E-state index in [1.54, 1.807) is 0 Å². The Morgan fingerprint density at radius 2 is 1.80 bits per heavy atom. The molecule has 0 aliphatic heterocycles. The smallest absolute Gasteiger partial charge is 0.138 e. The Labute approximate surface area is 126 Å². The molecule has 0 N–H and O–H groups in total. The van der Waals surface area contributed by atoms with Gasteiger partial charge in [-0.2, -0.15) is 0 Å². The molecule has 2 rings (SSSR count). The molecular formula is C18H21ClO. The highest BCUT2D eigenvalue weighted by Gasteiger charge is 2.15. The molecular weight excluding hydrogens is 268 g/mol. The van der Waals surface area contributed by atoms with Crippen molar-refractivity contribution < 1.29 is 4.74 Å². The van der Waals surface area contributed by atoms with Gasteiger partial charge in [-0.25, -0.2) is 0 Å². The van der Waals surface area contributed by atoms with Gasteiger partial charge in [-0.3, -0.25) is 0 Å². The average Bonchev–Trinajstić information content (AvgIpc) is 2.36. The topological polar surface area (TPSA) is 9.23 Å². The zero-order chi connectivity index (χ0) is 14.8. The maximum absolute atomic E-state index is 6.31. The van der Waals surface area contributed by atoms with Crippen molar-refractivity contribution in [3.8, 4) is 5.75 Å². The van der Waals surface area contributed by atoms with E-state index >= 15 is 0 Å². The van der Waals surface area contributed by atoms with Crippen molar-refractivity contribution in [2.24, 2.45) is 0 Å². The maximum Gasteiger partial charge on any atom is 0.138 e. The van der Waals surface area contributed by atoms with E-state index in [-0.39, 0.29) is 5.41 Å². The lowest BCUT2D eigenvalue weighted by Crippen LogP contribution is -2.10. The minimum atomic E-state index is 0.0959. The fraction of sp³-hybridized carbons (Fsp3) is 0.333. The van der Waals surface area contributed by atoms with Gasteiger partial charge in [0.1, 0.15) is 12.4 Å². The second-order valence-electron chi connectivity index (χ2n) is 6.17. The molecule has 20 heavy (non-hydrogen) atoms. The third-order valence-electron chi connectivity index (χ3n) is 3.27. The van der Waals surface area contributed by atoms with Crippen LogP contribution in [0.1, 0.15) is 37.5 Å². The van der Waals surface area contributed by atoms with Crippen molar-refractivity contribution >= 4 is 11.6 Å². The van der Waals surface area contributed by atoms with E-state index in [1.165, 1.54) is 11.1 Å². The molecule has 0 atom stereocenters. The normalized spacial score (nSPS) is 11.4. The zero-order valence-electron chi connectivity index (χ0n) is 12.5. The average molecular weight is 289 g/mol. The van der Waals surface area contributed by atoms with Crippen LogP contribution in [0.3, 0.4) is 0 Å². The molecule has 0 spiro atoms. The molecule has 0 fully saturated rings. The Kier molecular flexibility index (Phi) is 4.39. The molecule has 0 saturated heterocycles. The molecule has 0 aromatic heterocycles. The molecule has 2 aromatic rings. The number of benzene rings is 2. The van der Waals surface area contributed by atoms with Crippen LogP contribution in [-0.4, -0.2) is 0 Å². The largest absolute Gasteiger partial charge is 0.487 e. The summed E-state index contributed by atoms with van der Waals surface area (Å²) in [6.45, 7) is 9.13. The molecule has 2 aromatic carbocycles. The van der Waals surface area contributed by atoms with E-state index in [0.717, 1.165) is 11.3 Å². The lowest BCUT2D eigenvalue weighted by Gasteiger charge is -2.20. The maximum atomic E-state index is 6.31. The van der Waals surface area contributed by atoms with Gasteiger partial charge in [0, 0.05) is 0 Å². The molecule has 0 aliphatic carbocycles. The first-order valence-corrected chi connectivity index (χ1v) is 7.22. The Bertz CT molecular complexity index is 597. The van der Waals surface area contributed by atoms with Gasteiger partial charge in [0.25, 0.3) is 0 Å². The van der Waals surface area contributed by atoms with Gasteiger partial charge < -0.3 is 4.74 Å². The Morgan fingerprint density at radius 1 is 1.05 bits per heavy atom. The summed E-state index contributed by atoms with van der Waals surface area (Å²) in [5, 5.41) is 0.671. The monoisotopic (exact) mass is 288 g/mol. The Morgan fingerprint density at radius 3 is 2.40 bits per heavy atom. The van der Waals surface area contributed by atoms with Crippen LogP contribution in [0.2, 0.25) is 5.02 Å². The van der Waals surface area contributed by atoms with Crippen molar-refractivity contribution in [2.45, 2.75) is 39.7 Å². The SMILES string of the molecule is Cc1cccc(COc2ccc(C(C)(C)C)cc2Cl)c1. The fourth-order valence-corrected chi connectivity index (χ4v) is 2.28. The summed E-state index contributed by atoms with van der Waals surface area (Å²) in [5.41, 5.74) is 3.70. The van der Waals surface area contributed by atoms with Crippen LogP contribution < -0.4 is 4.74 Å². The summed E-state index contributed by atoms with van der Waals surface area (Å²) in [6, 6.07) is 14.3. The Hall–Kier alpha value is -1.47. The van der Waals surface area contributed by atoms with Crippen molar-refractivity contribution in [3.05, 3.63) is 64.2 Å². The van der Waals surface area contributed by atoms with Crippen molar-refractivity contribution in [1.82, 2.24) is 0 Å². The van der Waals surface area contributed by atoms with Crippen LogP contribution in [0.5, 0.6) is 5.75 Å². The molecule has 0 heterocycles. The van der Waals surface area contributed by atoms with E-state index in [2.05, 4.69) is 52.0 Å². The zero-order valence-corrected chi connectivity index (χ0v) is 13.3. The summed E-state index contributed by atoms with van der Waals surface area (Å²) in [4.78, 5) is 0. The van der Waals surface area contributed by atoms with Gasteiger partial charge in [0.05, 0.1) is 5.02 Å². The van der Waals surface area contributed by atoms with Crippen LogP contribution in [0.25, 0.3) is 0 Å². The third kappa shape index (κ3) is 3.77. The first kappa shape index (κ1) is 14.9. The van der Waals surface area contributed by atoms with E-state index in [4.69, 9.17) is 16.3 Å². The summed E-state index contributed by atoms with van der Waals surface area (Å²) in [6.07, 6.45) is 0. The number of hydrogen-bond acceptors (Lipinski definition) is 1. The van der Waals surface area contributed by atoms with Crippen LogP contribution in [0, 0.1) is 6.92 Å². The van der Waals surface area contributed by atoms with E-state index in [9.17, 15) is 0 Å². The molecule has 0 saturated carbocycles. The quantitative estimate of drug-likeness (QED) is 0.722. The first-order valence-electron chi connectivity index (χ1n) is 6.84. The summed E-state index contributed by atoms with van der Waals surface area (Å²) < 4.78 is 5.81. The minimum Gasteiger partial charge on any atom is -0.487 e. The highest BCUT2D eigenvalue weighted by atomic mass is 35.5. The van der Waals surface area contributed by atoms with Gasteiger partial charge >= 0.3 is 0 Å². The van der Waals surface area contributed by atoms with Gasteiger partial charge in [-0.15, -0.1) is 0 Å². The fourth-order valence-electron chi connectivity index (χ4n) is 2.05. The van der Waals surface area contributed by atoms with Gasteiger partial charge in [-0.1, -0.05) is 68.3 Å². The molecule has 1 nitrogen and oxygen atoms in total. The van der Waals surface area contributed by atoms with Gasteiger partial charge in [0.15, 0.2) is 0 Å².